The van der Waals surface area contributed by atoms with Crippen molar-refractivity contribution in [1.29, 1.82) is 0 Å². The molecule has 0 saturated carbocycles. The highest BCUT2D eigenvalue weighted by Gasteiger charge is 2.39. The Hall–Kier alpha value is -2.63. The van der Waals surface area contributed by atoms with Crippen LogP contribution in [0.1, 0.15) is 19.4 Å². The molecule has 0 fully saturated rings. The molecule has 0 saturated heterocycles. The molecule has 1 heterocycles. The number of fused-ring (bicyclic) bond motifs is 1. The Morgan fingerprint density at radius 3 is 2.59 bits per heavy atom. The van der Waals surface area contributed by atoms with Crippen LogP contribution in [0.15, 0.2) is 30.4 Å². The number of anilines is 1. The van der Waals surface area contributed by atoms with Crippen LogP contribution < -0.4 is 9.64 Å². The largest absolute Gasteiger partial charge is 0.478 e. The number of amides is 2. The third-order valence-corrected chi connectivity index (χ3v) is 3.33. The van der Waals surface area contributed by atoms with E-state index in [-0.39, 0.29) is 5.92 Å². The van der Waals surface area contributed by atoms with Crippen LogP contribution in [0.3, 0.4) is 0 Å². The summed E-state index contributed by atoms with van der Waals surface area (Å²) in [6.45, 7) is 5.46. The summed E-state index contributed by atoms with van der Waals surface area (Å²) in [5, 5.41) is 8.64. The average Bonchev–Trinajstić information content (AvgIpc) is 2.44. The van der Waals surface area contributed by atoms with Crippen molar-refractivity contribution in [2.45, 2.75) is 26.9 Å². The van der Waals surface area contributed by atoms with Crippen molar-refractivity contribution in [2.24, 2.45) is 5.92 Å². The van der Waals surface area contributed by atoms with Crippen LogP contribution in [-0.4, -0.2) is 29.0 Å². The molecule has 2 amide bonds. The Bertz CT molecular complexity index is 663. The smallest absolute Gasteiger partial charge is 0.328 e. The monoisotopic (exact) mass is 303 g/mol. The molecule has 1 aromatic carbocycles. The number of carboxylic acids is 1. The normalized spacial score (nSPS) is 17.5. The molecule has 6 nitrogen and oxygen atoms in total. The van der Waals surface area contributed by atoms with Gasteiger partial charge >= 0.3 is 5.97 Å². The van der Waals surface area contributed by atoms with Gasteiger partial charge in [0.05, 0.1) is 5.69 Å². The lowest BCUT2D eigenvalue weighted by Gasteiger charge is -2.35. The minimum absolute atomic E-state index is 0.126. The van der Waals surface area contributed by atoms with Crippen LogP contribution in [0, 0.1) is 12.8 Å². The number of imide groups is 1. The molecule has 6 heteroatoms. The zero-order valence-electron chi connectivity index (χ0n) is 12.6. The van der Waals surface area contributed by atoms with Crippen LogP contribution in [0.25, 0.3) is 0 Å². The highest BCUT2D eigenvalue weighted by atomic mass is 16.5. The number of aliphatic carboxylic acids is 1. The fraction of sp³-hybridized carbons (Fsp3) is 0.312. The molecule has 0 bridgehead atoms. The number of hydrogen-bond acceptors (Lipinski definition) is 4. The molecule has 0 radical (unpaired) electrons. The first-order valence-electron chi connectivity index (χ1n) is 6.88. The van der Waals surface area contributed by atoms with E-state index < -0.39 is 23.9 Å². The SMILES string of the molecule is Cc1cccc2c1OC(C(C)C)C(=O)N2C(=O)/C=C/C(=O)O. The first-order chi connectivity index (χ1) is 10.3. The van der Waals surface area contributed by atoms with Crippen molar-refractivity contribution in [3.8, 4) is 5.75 Å². The van der Waals surface area contributed by atoms with E-state index in [1.165, 1.54) is 0 Å². The Kier molecular flexibility index (Phi) is 4.30. The number of carbonyl (C=O) groups is 3. The zero-order chi connectivity index (χ0) is 16.4. The number of hydrogen-bond donors (Lipinski definition) is 1. The van der Waals surface area contributed by atoms with Crippen LogP contribution in [0.4, 0.5) is 5.69 Å². The summed E-state index contributed by atoms with van der Waals surface area (Å²) in [5.41, 5.74) is 1.14. The molecule has 1 aliphatic rings. The molecule has 22 heavy (non-hydrogen) atoms. The fourth-order valence-electron chi connectivity index (χ4n) is 2.26. The van der Waals surface area contributed by atoms with Gasteiger partial charge in [-0.1, -0.05) is 26.0 Å². The van der Waals surface area contributed by atoms with Crippen LogP contribution in [0.2, 0.25) is 0 Å². The molecule has 2 rings (SSSR count). The molecule has 1 unspecified atom stereocenters. The predicted molar refractivity (Wildman–Crippen MR) is 79.7 cm³/mol. The van der Waals surface area contributed by atoms with Crippen molar-refractivity contribution in [1.82, 2.24) is 0 Å². The lowest BCUT2D eigenvalue weighted by Crippen LogP contribution is -2.50. The minimum atomic E-state index is -1.25. The van der Waals surface area contributed by atoms with Crippen molar-refractivity contribution in [3.63, 3.8) is 0 Å². The summed E-state index contributed by atoms with van der Waals surface area (Å²) in [5.74, 6) is -2.10. The van der Waals surface area contributed by atoms with Crippen LogP contribution in [-0.2, 0) is 14.4 Å². The number of carbonyl (C=O) groups excluding carboxylic acids is 2. The highest BCUT2D eigenvalue weighted by molar-refractivity contribution is 6.22. The van der Waals surface area contributed by atoms with Crippen molar-refractivity contribution < 1.29 is 24.2 Å². The molecule has 116 valence electrons. The highest BCUT2D eigenvalue weighted by Crippen LogP contribution is 2.38. The van der Waals surface area contributed by atoms with Gasteiger partial charge in [0.2, 0.25) is 0 Å². The maximum Gasteiger partial charge on any atom is 0.328 e. The molecule has 0 aromatic heterocycles. The van der Waals surface area contributed by atoms with E-state index in [9.17, 15) is 14.4 Å². The second-order valence-corrected chi connectivity index (χ2v) is 5.39. The van der Waals surface area contributed by atoms with Gasteiger partial charge < -0.3 is 9.84 Å². The summed E-state index contributed by atoms with van der Waals surface area (Å²) >= 11 is 0. The Balaban J connectivity index is 2.51. The fourth-order valence-corrected chi connectivity index (χ4v) is 2.26. The second-order valence-electron chi connectivity index (χ2n) is 5.39. The maximum atomic E-state index is 12.5. The maximum absolute atomic E-state index is 12.5. The first-order valence-corrected chi connectivity index (χ1v) is 6.88. The number of nitrogens with zero attached hydrogens (tertiary/aromatic N) is 1. The molecule has 1 aromatic rings. The number of carboxylic acid groups (broad SMARTS) is 1. The van der Waals surface area contributed by atoms with Crippen molar-refractivity contribution in [3.05, 3.63) is 35.9 Å². The molecule has 0 aliphatic carbocycles. The average molecular weight is 303 g/mol. The van der Waals surface area contributed by atoms with Crippen LogP contribution in [0.5, 0.6) is 5.75 Å². The Labute approximate surface area is 128 Å². The number of ether oxygens (including phenoxy) is 1. The third-order valence-electron chi connectivity index (χ3n) is 3.33. The van der Waals surface area contributed by atoms with Gasteiger partial charge in [-0.05, 0) is 24.5 Å². The van der Waals surface area contributed by atoms with Gasteiger partial charge in [0.25, 0.3) is 11.8 Å². The summed E-state index contributed by atoms with van der Waals surface area (Å²) in [6.07, 6.45) is 0.802. The molecule has 1 aliphatic heterocycles. The summed E-state index contributed by atoms with van der Waals surface area (Å²) in [7, 11) is 0. The van der Waals surface area contributed by atoms with E-state index >= 15 is 0 Å². The van der Waals surface area contributed by atoms with Gasteiger partial charge in [-0.2, -0.15) is 0 Å². The van der Waals surface area contributed by atoms with Gasteiger partial charge in [0, 0.05) is 12.2 Å². The standard InChI is InChI=1S/C16H17NO5/c1-9(2)14-16(21)17(12(18)7-8-13(19)20)11-6-4-5-10(3)15(11)22-14/h4-9,14H,1-3H3,(H,19,20)/b8-7+. The summed E-state index contributed by atoms with van der Waals surface area (Å²) < 4.78 is 5.76. The van der Waals surface area contributed by atoms with E-state index in [0.717, 1.165) is 16.5 Å². The van der Waals surface area contributed by atoms with E-state index in [4.69, 9.17) is 9.84 Å². The molecular formula is C16H17NO5. The predicted octanol–water partition coefficient (Wildman–Crippen LogP) is 1.91. The van der Waals surface area contributed by atoms with E-state index in [0.29, 0.717) is 17.5 Å². The minimum Gasteiger partial charge on any atom is -0.478 e. The van der Waals surface area contributed by atoms with Gasteiger partial charge in [0.15, 0.2) is 6.10 Å². The lowest BCUT2D eigenvalue weighted by molar-refractivity contribution is -0.133. The lowest BCUT2D eigenvalue weighted by atomic mass is 10.0. The molecule has 1 N–H and O–H groups in total. The molecular weight excluding hydrogens is 286 g/mol. The van der Waals surface area contributed by atoms with Crippen LogP contribution >= 0.6 is 0 Å². The summed E-state index contributed by atoms with van der Waals surface area (Å²) in [4.78, 5) is 36.3. The first kappa shape index (κ1) is 15.8. The van der Waals surface area contributed by atoms with E-state index in [2.05, 4.69) is 0 Å². The molecule has 0 spiro atoms. The number of benzene rings is 1. The second kappa shape index (κ2) is 6.01. The van der Waals surface area contributed by atoms with E-state index in [1.807, 2.05) is 26.8 Å². The number of para-hydroxylation sites is 1. The third kappa shape index (κ3) is 2.86. The van der Waals surface area contributed by atoms with Gasteiger partial charge in [-0.15, -0.1) is 0 Å². The number of rotatable bonds is 3. The van der Waals surface area contributed by atoms with Gasteiger partial charge in [-0.3, -0.25) is 9.59 Å². The van der Waals surface area contributed by atoms with Gasteiger partial charge in [0.1, 0.15) is 5.75 Å². The van der Waals surface area contributed by atoms with Crippen molar-refractivity contribution in [2.75, 3.05) is 4.90 Å². The number of aryl methyl sites for hydroxylation is 1. The Morgan fingerprint density at radius 2 is 2.00 bits per heavy atom. The van der Waals surface area contributed by atoms with Crippen molar-refractivity contribution >= 4 is 23.5 Å². The van der Waals surface area contributed by atoms with E-state index in [1.54, 1.807) is 12.1 Å². The van der Waals surface area contributed by atoms with Gasteiger partial charge in [-0.25, -0.2) is 9.69 Å². The zero-order valence-corrected chi connectivity index (χ0v) is 12.6. The molecule has 1 atom stereocenters. The topological polar surface area (TPSA) is 83.9 Å². The Morgan fingerprint density at radius 1 is 1.32 bits per heavy atom. The quantitative estimate of drug-likeness (QED) is 0.862. The summed E-state index contributed by atoms with van der Waals surface area (Å²) in [6, 6.07) is 5.13.